The minimum Gasteiger partial charge on any atom is -0.463 e. The van der Waals surface area contributed by atoms with Crippen molar-refractivity contribution in [2.45, 2.75) is 20.8 Å². The van der Waals surface area contributed by atoms with Crippen molar-refractivity contribution in [2.75, 3.05) is 18.1 Å². The third-order valence-electron chi connectivity index (χ3n) is 4.35. The summed E-state index contributed by atoms with van der Waals surface area (Å²) < 4.78 is 9.58. The van der Waals surface area contributed by atoms with Crippen molar-refractivity contribution in [1.29, 1.82) is 0 Å². The molecule has 7 heteroatoms. The second-order valence-electron chi connectivity index (χ2n) is 6.38. The van der Waals surface area contributed by atoms with E-state index in [0.717, 1.165) is 16.0 Å². The van der Waals surface area contributed by atoms with Crippen molar-refractivity contribution in [3.63, 3.8) is 0 Å². The van der Waals surface area contributed by atoms with Crippen LogP contribution in [-0.4, -0.2) is 37.0 Å². The first-order valence-corrected chi connectivity index (χ1v) is 8.76. The monoisotopic (exact) mass is 381 g/mol. The van der Waals surface area contributed by atoms with Gasteiger partial charge in [-0.05, 0) is 56.2 Å². The SMILES string of the molecule is CCOC(=O)COC(=O)c1ccc2c(c1)C(=O)N(c1cc(C)ccc1C)C2=O. The van der Waals surface area contributed by atoms with Crippen molar-refractivity contribution in [3.8, 4) is 0 Å². The molecule has 0 aromatic heterocycles. The molecule has 0 radical (unpaired) electrons. The van der Waals surface area contributed by atoms with Gasteiger partial charge in [0.1, 0.15) is 0 Å². The lowest BCUT2D eigenvalue weighted by atomic mass is 10.1. The molecule has 2 amide bonds. The molecular weight excluding hydrogens is 362 g/mol. The molecule has 1 heterocycles. The maximum Gasteiger partial charge on any atom is 0.344 e. The van der Waals surface area contributed by atoms with Crippen molar-refractivity contribution >= 4 is 29.4 Å². The second kappa shape index (κ2) is 7.64. The molecule has 0 atom stereocenters. The van der Waals surface area contributed by atoms with Gasteiger partial charge >= 0.3 is 11.9 Å². The number of hydrogen-bond donors (Lipinski definition) is 0. The molecule has 0 saturated carbocycles. The van der Waals surface area contributed by atoms with E-state index in [4.69, 9.17) is 9.47 Å². The molecule has 0 saturated heterocycles. The molecule has 28 heavy (non-hydrogen) atoms. The van der Waals surface area contributed by atoms with Gasteiger partial charge in [-0.3, -0.25) is 9.59 Å². The maximum atomic E-state index is 12.9. The van der Waals surface area contributed by atoms with E-state index in [1.165, 1.54) is 18.2 Å². The Labute approximate surface area is 161 Å². The number of anilines is 1. The van der Waals surface area contributed by atoms with Crippen LogP contribution < -0.4 is 4.90 Å². The van der Waals surface area contributed by atoms with Crippen LogP contribution in [0.3, 0.4) is 0 Å². The Morgan fingerprint density at radius 1 is 0.929 bits per heavy atom. The van der Waals surface area contributed by atoms with Crippen LogP contribution in [-0.2, 0) is 14.3 Å². The minimum atomic E-state index is -0.777. The predicted molar refractivity (Wildman–Crippen MR) is 100 cm³/mol. The Kier molecular flexibility index (Phi) is 5.26. The van der Waals surface area contributed by atoms with E-state index in [1.54, 1.807) is 13.0 Å². The molecule has 1 aliphatic rings. The van der Waals surface area contributed by atoms with Crippen molar-refractivity contribution in [2.24, 2.45) is 0 Å². The molecule has 2 aromatic rings. The fourth-order valence-electron chi connectivity index (χ4n) is 2.96. The molecule has 2 aromatic carbocycles. The lowest BCUT2D eigenvalue weighted by molar-refractivity contribution is -0.146. The summed E-state index contributed by atoms with van der Waals surface area (Å²) in [6, 6.07) is 9.63. The number of hydrogen-bond acceptors (Lipinski definition) is 6. The van der Waals surface area contributed by atoms with Crippen LogP contribution in [0, 0.1) is 13.8 Å². The highest BCUT2D eigenvalue weighted by molar-refractivity contribution is 6.35. The number of nitrogens with zero attached hydrogens (tertiary/aromatic N) is 1. The van der Waals surface area contributed by atoms with E-state index in [0.29, 0.717) is 5.69 Å². The molecule has 0 fully saturated rings. The van der Waals surface area contributed by atoms with Crippen LogP contribution in [0.5, 0.6) is 0 Å². The Morgan fingerprint density at radius 2 is 1.64 bits per heavy atom. The minimum absolute atomic E-state index is 0.0759. The number of esters is 2. The van der Waals surface area contributed by atoms with Crippen LogP contribution in [0.2, 0.25) is 0 Å². The number of carbonyl (C=O) groups excluding carboxylic acids is 4. The van der Waals surface area contributed by atoms with E-state index in [2.05, 4.69) is 0 Å². The molecule has 0 unspecified atom stereocenters. The van der Waals surface area contributed by atoms with E-state index in [1.807, 2.05) is 26.0 Å². The van der Waals surface area contributed by atoms with Gasteiger partial charge in [0.25, 0.3) is 11.8 Å². The van der Waals surface area contributed by atoms with Gasteiger partial charge < -0.3 is 9.47 Å². The molecule has 0 aliphatic carbocycles. The van der Waals surface area contributed by atoms with Crippen LogP contribution >= 0.6 is 0 Å². The topological polar surface area (TPSA) is 90.0 Å². The number of aryl methyl sites for hydroxylation is 2. The summed E-state index contributed by atoms with van der Waals surface area (Å²) in [6.45, 7) is 4.99. The van der Waals surface area contributed by atoms with Gasteiger partial charge in [-0.2, -0.15) is 0 Å². The summed E-state index contributed by atoms with van der Waals surface area (Å²) in [7, 11) is 0. The van der Waals surface area contributed by atoms with Gasteiger partial charge in [0.2, 0.25) is 0 Å². The fraction of sp³-hybridized carbons (Fsp3) is 0.238. The zero-order valence-electron chi connectivity index (χ0n) is 15.8. The van der Waals surface area contributed by atoms with E-state index < -0.39 is 30.4 Å². The number of rotatable bonds is 5. The van der Waals surface area contributed by atoms with Gasteiger partial charge in [0.05, 0.1) is 29.0 Å². The highest BCUT2D eigenvalue weighted by Gasteiger charge is 2.38. The van der Waals surface area contributed by atoms with Crippen LogP contribution in [0.4, 0.5) is 5.69 Å². The number of ether oxygens (including phenoxy) is 2. The zero-order valence-corrected chi connectivity index (χ0v) is 15.8. The quantitative estimate of drug-likeness (QED) is 0.584. The van der Waals surface area contributed by atoms with Gasteiger partial charge in [-0.25, -0.2) is 14.5 Å². The lowest BCUT2D eigenvalue weighted by Crippen LogP contribution is -2.30. The Balaban J connectivity index is 1.87. The summed E-state index contributed by atoms with van der Waals surface area (Å²) in [5.74, 6) is -2.39. The zero-order chi connectivity index (χ0) is 20.4. The molecule has 7 nitrogen and oxygen atoms in total. The van der Waals surface area contributed by atoms with E-state index >= 15 is 0 Å². The summed E-state index contributed by atoms with van der Waals surface area (Å²) in [4.78, 5) is 50.2. The second-order valence-corrected chi connectivity index (χ2v) is 6.38. The summed E-state index contributed by atoms with van der Waals surface area (Å²) in [5.41, 5.74) is 2.63. The van der Waals surface area contributed by atoms with Crippen LogP contribution in [0.25, 0.3) is 0 Å². The summed E-state index contributed by atoms with van der Waals surface area (Å²) in [5, 5.41) is 0. The van der Waals surface area contributed by atoms with Gasteiger partial charge in [0, 0.05) is 0 Å². The highest BCUT2D eigenvalue weighted by atomic mass is 16.6. The summed E-state index contributed by atoms with van der Waals surface area (Å²) >= 11 is 0. The maximum absolute atomic E-state index is 12.9. The third-order valence-corrected chi connectivity index (χ3v) is 4.35. The molecule has 1 aliphatic heterocycles. The summed E-state index contributed by atoms with van der Waals surface area (Å²) in [6.07, 6.45) is 0. The van der Waals surface area contributed by atoms with Crippen molar-refractivity contribution < 1.29 is 28.7 Å². The normalized spacial score (nSPS) is 12.8. The molecule has 144 valence electrons. The van der Waals surface area contributed by atoms with Crippen molar-refractivity contribution in [1.82, 2.24) is 0 Å². The number of imide groups is 1. The number of carbonyl (C=O) groups is 4. The van der Waals surface area contributed by atoms with Crippen LogP contribution in [0.1, 0.15) is 49.1 Å². The fourth-order valence-corrected chi connectivity index (χ4v) is 2.96. The van der Waals surface area contributed by atoms with Crippen molar-refractivity contribution in [3.05, 3.63) is 64.2 Å². The average molecular weight is 381 g/mol. The Morgan fingerprint density at radius 3 is 2.36 bits per heavy atom. The number of benzene rings is 2. The smallest absolute Gasteiger partial charge is 0.344 e. The average Bonchev–Trinajstić information content (AvgIpc) is 2.92. The Bertz CT molecular complexity index is 994. The van der Waals surface area contributed by atoms with Gasteiger partial charge in [0.15, 0.2) is 6.61 Å². The number of amides is 2. The standard InChI is InChI=1S/C21H19NO6/c1-4-27-18(23)11-28-21(26)14-7-8-15-16(10-14)20(25)22(19(15)24)17-9-12(2)5-6-13(17)3/h5-10H,4,11H2,1-3H3. The largest absolute Gasteiger partial charge is 0.463 e. The van der Waals surface area contributed by atoms with E-state index in [9.17, 15) is 19.2 Å². The number of fused-ring (bicyclic) bond motifs is 1. The third kappa shape index (κ3) is 3.51. The molecule has 3 rings (SSSR count). The molecular formula is C21H19NO6. The first-order valence-electron chi connectivity index (χ1n) is 8.76. The van der Waals surface area contributed by atoms with Crippen LogP contribution in [0.15, 0.2) is 36.4 Å². The molecule has 0 spiro atoms. The first-order chi connectivity index (χ1) is 13.3. The molecule has 0 bridgehead atoms. The highest BCUT2D eigenvalue weighted by Crippen LogP contribution is 2.31. The predicted octanol–water partition coefficient (Wildman–Crippen LogP) is 2.82. The van der Waals surface area contributed by atoms with Gasteiger partial charge in [-0.15, -0.1) is 0 Å². The lowest BCUT2D eigenvalue weighted by Gasteiger charge is -2.17. The first kappa shape index (κ1) is 19.3. The Hall–Kier alpha value is -3.48. The van der Waals surface area contributed by atoms with E-state index in [-0.39, 0.29) is 23.3 Å². The molecule has 0 N–H and O–H groups in total. The van der Waals surface area contributed by atoms with Gasteiger partial charge in [-0.1, -0.05) is 12.1 Å².